The lowest BCUT2D eigenvalue weighted by Gasteiger charge is -2.22. The molecule has 0 aliphatic carbocycles. The normalized spacial score (nSPS) is 16.8. The zero-order valence-corrected chi connectivity index (χ0v) is 12.3. The topological polar surface area (TPSA) is 52.0 Å². The second-order valence-corrected chi connectivity index (χ2v) is 5.74. The molecule has 1 N–H and O–H groups in total. The summed E-state index contributed by atoms with van der Waals surface area (Å²) in [5, 5.41) is 13.7. The van der Waals surface area contributed by atoms with Crippen LogP contribution < -0.4 is 5.32 Å². The summed E-state index contributed by atoms with van der Waals surface area (Å²) in [4.78, 5) is 7.07. The van der Waals surface area contributed by atoms with Gasteiger partial charge in [0.15, 0.2) is 0 Å². The van der Waals surface area contributed by atoms with Crippen LogP contribution in [0.3, 0.4) is 0 Å². The number of nitriles is 1. The van der Waals surface area contributed by atoms with Crippen LogP contribution in [0.15, 0.2) is 30.3 Å². The first-order valence-corrected chi connectivity index (χ1v) is 7.55. The number of anilines is 1. The van der Waals surface area contributed by atoms with E-state index in [1.807, 2.05) is 30.3 Å². The minimum atomic E-state index is 0.281. The van der Waals surface area contributed by atoms with Crippen molar-refractivity contribution in [2.45, 2.75) is 25.8 Å². The maximum atomic E-state index is 9.33. The van der Waals surface area contributed by atoms with Crippen molar-refractivity contribution in [1.82, 2.24) is 9.88 Å². The van der Waals surface area contributed by atoms with E-state index in [2.05, 4.69) is 28.2 Å². The highest BCUT2D eigenvalue weighted by atomic mass is 15.2. The number of para-hydroxylation sites is 1. The third-order valence-electron chi connectivity index (χ3n) is 3.96. The van der Waals surface area contributed by atoms with Gasteiger partial charge in [0.25, 0.3) is 0 Å². The Morgan fingerprint density at radius 1 is 1.33 bits per heavy atom. The van der Waals surface area contributed by atoms with Gasteiger partial charge >= 0.3 is 0 Å². The van der Waals surface area contributed by atoms with E-state index in [4.69, 9.17) is 0 Å². The van der Waals surface area contributed by atoms with E-state index >= 15 is 0 Å². The first-order valence-electron chi connectivity index (χ1n) is 7.55. The van der Waals surface area contributed by atoms with Crippen LogP contribution in [0.25, 0.3) is 10.9 Å². The number of benzene rings is 1. The highest BCUT2D eigenvalue weighted by molar-refractivity contribution is 5.82. The van der Waals surface area contributed by atoms with Crippen molar-refractivity contribution in [2.75, 3.05) is 25.0 Å². The Balaban J connectivity index is 1.80. The van der Waals surface area contributed by atoms with Crippen LogP contribution in [-0.4, -0.2) is 35.6 Å². The molecule has 2 heterocycles. The maximum Gasteiger partial charge on any atom is 0.144 e. The van der Waals surface area contributed by atoms with Gasteiger partial charge in [-0.1, -0.05) is 18.2 Å². The van der Waals surface area contributed by atoms with Crippen molar-refractivity contribution in [1.29, 1.82) is 5.26 Å². The number of hydrogen-bond acceptors (Lipinski definition) is 4. The van der Waals surface area contributed by atoms with Gasteiger partial charge in [0.2, 0.25) is 0 Å². The lowest BCUT2D eigenvalue weighted by molar-refractivity contribution is 0.327. The minimum Gasteiger partial charge on any atom is -0.365 e. The van der Waals surface area contributed by atoms with Crippen LogP contribution in [-0.2, 0) is 0 Å². The van der Waals surface area contributed by atoms with Crippen molar-refractivity contribution in [3.63, 3.8) is 0 Å². The number of pyridine rings is 1. The number of fused-ring (bicyclic) bond motifs is 1. The molecule has 0 amide bonds. The van der Waals surface area contributed by atoms with Crippen LogP contribution in [0.5, 0.6) is 0 Å². The summed E-state index contributed by atoms with van der Waals surface area (Å²) in [7, 11) is 0. The standard InChI is InChI=1S/C17H20N4/c1-13(12-21-8-4-5-9-21)19-17-15(11-18)10-14-6-2-3-7-16(14)20-17/h2-3,6-7,10,13H,4-5,8-9,12H2,1H3,(H,19,20). The molecule has 1 atom stereocenters. The third-order valence-corrected chi connectivity index (χ3v) is 3.96. The average molecular weight is 280 g/mol. The van der Waals surface area contributed by atoms with Crippen molar-refractivity contribution < 1.29 is 0 Å². The molecule has 0 radical (unpaired) electrons. The largest absolute Gasteiger partial charge is 0.365 e. The van der Waals surface area contributed by atoms with E-state index in [0.717, 1.165) is 17.4 Å². The zero-order chi connectivity index (χ0) is 14.7. The summed E-state index contributed by atoms with van der Waals surface area (Å²) >= 11 is 0. The fraction of sp³-hybridized carbons (Fsp3) is 0.412. The number of aromatic nitrogens is 1. The molecule has 1 aliphatic heterocycles. The lowest BCUT2D eigenvalue weighted by atomic mass is 10.1. The predicted octanol–water partition coefficient (Wildman–Crippen LogP) is 3.00. The molecule has 0 bridgehead atoms. The van der Waals surface area contributed by atoms with Gasteiger partial charge in [0.1, 0.15) is 11.9 Å². The van der Waals surface area contributed by atoms with Crippen molar-refractivity contribution >= 4 is 16.7 Å². The van der Waals surface area contributed by atoms with Crippen molar-refractivity contribution in [2.24, 2.45) is 0 Å². The molecule has 2 aromatic rings. The maximum absolute atomic E-state index is 9.33. The Kier molecular flexibility index (Phi) is 4.03. The van der Waals surface area contributed by atoms with Gasteiger partial charge in [0.05, 0.1) is 11.1 Å². The third kappa shape index (κ3) is 3.14. The summed E-state index contributed by atoms with van der Waals surface area (Å²) in [6.45, 7) is 5.51. The summed E-state index contributed by atoms with van der Waals surface area (Å²) in [5.41, 5.74) is 1.54. The minimum absolute atomic E-state index is 0.281. The fourth-order valence-corrected chi connectivity index (χ4v) is 2.94. The molecule has 1 aliphatic rings. The van der Waals surface area contributed by atoms with Crippen molar-refractivity contribution in [3.05, 3.63) is 35.9 Å². The summed E-state index contributed by atoms with van der Waals surface area (Å²) < 4.78 is 0. The zero-order valence-electron chi connectivity index (χ0n) is 12.3. The number of nitrogens with one attached hydrogen (secondary N) is 1. The number of likely N-dealkylation sites (tertiary alicyclic amines) is 1. The second-order valence-electron chi connectivity index (χ2n) is 5.74. The van der Waals surface area contributed by atoms with Crippen LogP contribution in [0.1, 0.15) is 25.3 Å². The number of rotatable bonds is 4. The molecule has 4 nitrogen and oxygen atoms in total. The molecule has 4 heteroatoms. The smallest absolute Gasteiger partial charge is 0.144 e. The highest BCUT2D eigenvalue weighted by Gasteiger charge is 2.16. The molecule has 3 rings (SSSR count). The van der Waals surface area contributed by atoms with Crippen LogP contribution in [0.2, 0.25) is 0 Å². The van der Waals surface area contributed by atoms with Crippen LogP contribution in [0.4, 0.5) is 5.82 Å². The Morgan fingerprint density at radius 3 is 2.86 bits per heavy atom. The number of nitrogens with zero attached hydrogens (tertiary/aromatic N) is 3. The summed E-state index contributed by atoms with van der Waals surface area (Å²) in [6.07, 6.45) is 2.59. The Morgan fingerprint density at radius 2 is 2.10 bits per heavy atom. The predicted molar refractivity (Wildman–Crippen MR) is 85.2 cm³/mol. The molecule has 1 unspecified atom stereocenters. The molecular weight excluding hydrogens is 260 g/mol. The van der Waals surface area contributed by atoms with E-state index in [1.165, 1.54) is 25.9 Å². The SMILES string of the molecule is CC(CN1CCCC1)Nc1nc2ccccc2cc1C#N. The highest BCUT2D eigenvalue weighted by Crippen LogP contribution is 2.20. The molecule has 0 spiro atoms. The quantitative estimate of drug-likeness (QED) is 0.935. The molecular formula is C17H20N4. The van der Waals surface area contributed by atoms with Crippen LogP contribution >= 0.6 is 0 Å². The molecule has 1 aromatic carbocycles. The first-order chi connectivity index (χ1) is 10.3. The van der Waals surface area contributed by atoms with Gasteiger partial charge in [-0.2, -0.15) is 5.26 Å². The number of hydrogen-bond donors (Lipinski definition) is 1. The van der Waals surface area contributed by atoms with Gasteiger partial charge in [-0.25, -0.2) is 4.98 Å². The van der Waals surface area contributed by atoms with E-state index in [9.17, 15) is 5.26 Å². The summed E-state index contributed by atoms with van der Waals surface area (Å²) in [5.74, 6) is 0.697. The van der Waals surface area contributed by atoms with E-state index < -0.39 is 0 Å². The molecule has 1 fully saturated rings. The lowest BCUT2D eigenvalue weighted by Crippen LogP contribution is -2.33. The monoisotopic (exact) mass is 280 g/mol. The van der Waals surface area contributed by atoms with Crippen LogP contribution in [0, 0.1) is 11.3 Å². The van der Waals surface area contributed by atoms with Gasteiger partial charge in [0, 0.05) is 18.0 Å². The Labute approximate surface area is 125 Å². The van der Waals surface area contributed by atoms with Gasteiger partial charge in [-0.15, -0.1) is 0 Å². The molecule has 0 saturated carbocycles. The second kappa shape index (κ2) is 6.11. The van der Waals surface area contributed by atoms with Crippen molar-refractivity contribution in [3.8, 4) is 6.07 Å². The van der Waals surface area contributed by atoms with E-state index in [1.54, 1.807) is 0 Å². The molecule has 108 valence electrons. The summed E-state index contributed by atoms with van der Waals surface area (Å²) in [6, 6.07) is 12.3. The molecule has 21 heavy (non-hydrogen) atoms. The average Bonchev–Trinajstić information content (AvgIpc) is 2.99. The van der Waals surface area contributed by atoms with Gasteiger partial charge in [-0.05, 0) is 45.0 Å². The van der Waals surface area contributed by atoms with E-state index in [0.29, 0.717) is 11.4 Å². The first kappa shape index (κ1) is 13.8. The Hall–Kier alpha value is -2.12. The van der Waals surface area contributed by atoms with Gasteiger partial charge < -0.3 is 10.2 Å². The fourth-order valence-electron chi connectivity index (χ4n) is 2.94. The molecule has 1 aromatic heterocycles. The van der Waals surface area contributed by atoms with Gasteiger partial charge in [-0.3, -0.25) is 0 Å². The Bertz CT molecular complexity index is 668. The molecule has 1 saturated heterocycles. The van der Waals surface area contributed by atoms with E-state index in [-0.39, 0.29) is 6.04 Å².